The smallest absolute Gasteiger partial charge is 0.270 e. The molecular formula is C19H13N3O3. The highest BCUT2D eigenvalue weighted by atomic mass is 16.6. The van der Waals surface area contributed by atoms with Crippen LogP contribution in [0.5, 0.6) is 0 Å². The van der Waals surface area contributed by atoms with E-state index in [0.717, 1.165) is 5.39 Å². The number of carbonyl (C=O) groups excluding carboxylic acids is 1. The molecule has 0 saturated heterocycles. The van der Waals surface area contributed by atoms with E-state index >= 15 is 0 Å². The van der Waals surface area contributed by atoms with Crippen LogP contribution in [0.4, 0.5) is 5.69 Å². The van der Waals surface area contributed by atoms with Gasteiger partial charge in [-0.1, -0.05) is 24.3 Å². The minimum atomic E-state index is -1.13. The minimum absolute atomic E-state index is 0.132. The van der Waals surface area contributed by atoms with Gasteiger partial charge in [0.05, 0.1) is 16.7 Å². The molecule has 0 aliphatic rings. The van der Waals surface area contributed by atoms with Crippen molar-refractivity contribution in [3.05, 3.63) is 81.7 Å². The van der Waals surface area contributed by atoms with Crippen LogP contribution in [0.1, 0.15) is 27.5 Å². The largest absolute Gasteiger partial charge is 0.292 e. The third-order valence-electron chi connectivity index (χ3n) is 3.93. The number of hydrogen-bond acceptors (Lipinski definition) is 5. The number of nitriles is 1. The van der Waals surface area contributed by atoms with Gasteiger partial charge in [-0.2, -0.15) is 5.26 Å². The highest BCUT2D eigenvalue weighted by Crippen LogP contribution is 2.27. The fraction of sp³-hybridized carbons (Fsp3) is 0.105. The lowest BCUT2D eigenvalue weighted by Crippen LogP contribution is -2.13. The van der Waals surface area contributed by atoms with Crippen LogP contribution in [-0.4, -0.2) is 15.7 Å². The zero-order chi connectivity index (χ0) is 18.0. The van der Waals surface area contributed by atoms with Crippen LogP contribution in [0.25, 0.3) is 10.8 Å². The normalized spacial score (nSPS) is 11.7. The number of aromatic nitrogens is 1. The number of hydrogen-bond donors (Lipinski definition) is 0. The van der Waals surface area contributed by atoms with Crippen molar-refractivity contribution in [3.63, 3.8) is 0 Å². The topological polar surface area (TPSA) is 96.9 Å². The van der Waals surface area contributed by atoms with Crippen LogP contribution in [0.3, 0.4) is 0 Å². The first-order valence-corrected chi connectivity index (χ1v) is 7.55. The zero-order valence-electron chi connectivity index (χ0n) is 13.3. The molecule has 0 unspecified atom stereocenters. The van der Waals surface area contributed by atoms with E-state index in [2.05, 4.69) is 4.98 Å². The molecule has 1 aromatic heterocycles. The number of Topliss-reactive ketones (excluding diaryl/α,β-unsaturated/α-hetero) is 1. The van der Waals surface area contributed by atoms with Crippen molar-refractivity contribution < 1.29 is 9.72 Å². The standard InChI is InChI=1S/C19H13N3O3/c1-12-8-14(10-15(9-12)22(24)25)19(23)17(11-20)18-16-5-3-2-4-13(16)6-7-21-18/h2-10,17H,1H3/t17-/m0/s1. The van der Waals surface area contributed by atoms with Crippen LogP contribution < -0.4 is 0 Å². The van der Waals surface area contributed by atoms with Gasteiger partial charge in [-0.3, -0.25) is 19.9 Å². The van der Waals surface area contributed by atoms with Crippen LogP contribution in [0, 0.1) is 28.4 Å². The summed E-state index contributed by atoms with van der Waals surface area (Å²) in [7, 11) is 0. The van der Waals surface area contributed by atoms with Gasteiger partial charge in [0.25, 0.3) is 5.69 Å². The number of benzene rings is 2. The second-order valence-electron chi connectivity index (χ2n) is 5.66. The second kappa shape index (κ2) is 6.49. The Bertz CT molecular complexity index is 1030. The van der Waals surface area contributed by atoms with E-state index in [4.69, 9.17) is 0 Å². The van der Waals surface area contributed by atoms with Crippen molar-refractivity contribution in [1.82, 2.24) is 4.98 Å². The molecule has 3 rings (SSSR count). The number of fused-ring (bicyclic) bond motifs is 1. The summed E-state index contributed by atoms with van der Waals surface area (Å²) in [5.74, 6) is -1.63. The van der Waals surface area contributed by atoms with E-state index in [9.17, 15) is 20.2 Å². The van der Waals surface area contributed by atoms with Gasteiger partial charge in [-0.15, -0.1) is 0 Å². The van der Waals surface area contributed by atoms with Gasteiger partial charge in [0, 0.05) is 29.3 Å². The molecule has 0 amide bonds. The maximum absolute atomic E-state index is 12.9. The monoisotopic (exact) mass is 331 g/mol. The van der Waals surface area contributed by atoms with E-state index < -0.39 is 16.6 Å². The van der Waals surface area contributed by atoms with E-state index in [0.29, 0.717) is 16.6 Å². The van der Waals surface area contributed by atoms with Gasteiger partial charge in [0.2, 0.25) is 0 Å². The lowest BCUT2D eigenvalue weighted by Gasteiger charge is -2.11. The van der Waals surface area contributed by atoms with Crippen LogP contribution >= 0.6 is 0 Å². The fourth-order valence-electron chi connectivity index (χ4n) is 2.79. The quantitative estimate of drug-likeness (QED) is 0.410. The van der Waals surface area contributed by atoms with Gasteiger partial charge in [0.1, 0.15) is 0 Å². The number of nitro benzene ring substituents is 1. The molecule has 0 bridgehead atoms. The number of aryl methyl sites for hydroxylation is 1. The third-order valence-corrected chi connectivity index (χ3v) is 3.93. The van der Waals surface area contributed by atoms with Crippen molar-refractivity contribution >= 4 is 22.2 Å². The Labute approximate surface area is 143 Å². The Hall–Kier alpha value is -3.59. The Morgan fingerprint density at radius 2 is 2.00 bits per heavy atom. The van der Waals surface area contributed by atoms with Gasteiger partial charge < -0.3 is 0 Å². The molecule has 0 fully saturated rings. The van der Waals surface area contributed by atoms with Crippen molar-refractivity contribution in [2.45, 2.75) is 12.8 Å². The lowest BCUT2D eigenvalue weighted by atomic mass is 9.91. The Morgan fingerprint density at radius 1 is 1.24 bits per heavy atom. The van der Waals surface area contributed by atoms with E-state index in [1.54, 1.807) is 31.3 Å². The fourth-order valence-corrected chi connectivity index (χ4v) is 2.79. The van der Waals surface area contributed by atoms with Gasteiger partial charge in [-0.25, -0.2) is 0 Å². The summed E-state index contributed by atoms with van der Waals surface area (Å²) in [6.07, 6.45) is 1.55. The molecule has 0 aliphatic carbocycles. The molecule has 3 aromatic rings. The zero-order valence-corrected chi connectivity index (χ0v) is 13.3. The molecular weight excluding hydrogens is 318 g/mol. The summed E-state index contributed by atoms with van der Waals surface area (Å²) in [4.78, 5) is 27.6. The third kappa shape index (κ3) is 3.08. The first-order valence-electron chi connectivity index (χ1n) is 7.55. The molecule has 0 aliphatic heterocycles. The SMILES string of the molecule is Cc1cc(C(=O)[C@@H](C#N)c2nccc3ccccc23)cc([N+](=O)[O-])c1. The van der Waals surface area contributed by atoms with Crippen molar-refractivity contribution in [1.29, 1.82) is 5.26 Å². The number of pyridine rings is 1. The number of ketones is 1. The Balaban J connectivity index is 2.11. The number of non-ortho nitro benzene ring substituents is 1. The highest BCUT2D eigenvalue weighted by molar-refractivity contribution is 6.05. The summed E-state index contributed by atoms with van der Waals surface area (Å²) in [5, 5.41) is 22.2. The van der Waals surface area contributed by atoms with Gasteiger partial charge in [-0.05, 0) is 30.0 Å². The molecule has 0 spiro atoms. The van der Waals surface area contributed by atoms with Gasteiger partial charge in [0.15, 0.2) is 11.7 Å². The number of carbonyl (C=O) groups is 1. The van der Waals surface area contributed by atoms with Crippen LogP contribution in [-0.2, 0) is 0 Å². The Morgan fingerprint density at radius 3 is 2.72 bits per heavy atom. The molecule has 1 atom stereocenters. The van der Waals surface area contributed by atoms with E-state index in [-0.39, 0.29) is 11.3 Å². The molecule has 6 nitrogen and oxygen atoms in total. The van der Waals surface area contributed by atoms with E-state index in [1.165, 1.54) is 12.1 Å². The predicted octanol–water partition coefficient (Wildman–Crippen LogP) is 3.94. The molecule has 1 heterocycles. The molecule has 25 heavy (non-hydrogen) atoms. The van der Waals surface area contributed by atoms with Crippen molar-refractivity contribution in [2.75, 3.05) is 0 Å². The second-order valence-corrected chi connectivity index (χ2v) is 5.66. The number of nitro groups is 1. The molecule has 0 radical (unpaired) electrons. The van der Waals surface area contributed by atoms with Crippen molar-refractivity contribution in [2.24, 2.45) is 0 Å². The lowest BCUT2D eigenvalue weighted by molar-refractivity contribution is -0.384. The molecule has 122 valence electrons. The Kier molecular flexibility index (Phi) is 4.23. The number of rotatable bonds is 4. The van der Waals surface area contributed by atoms with Crippen molar-refractivity contribution in [3.8, 4) is 6.07 Å². The van der Waals surface area contributed by atoms with Crippen LogP contribution in [0.15, 0.2) is 54.7 Å². The molecule has 0 N–H and O–H groups in total. The summed E-state index contributed by atoms with van der Waals surface area (Å²) < 4.78 is 0. The van der Waals surface area contributed by atoms with E-state index in [1.807, 2.05) is 24.3 Å². The maximum atomic E-state index is 12.9. The average Bonchev–Trinajstić information content (AvgIpc) is 2.62. The molecule has 0 saturated carbocycles. The first-order chi connectivity index (χ1) is 12.0. The van der Waals surface area contributed by atoms with Gasteiger partial charge >= 0.3 is 0 Å². The summed E-state index contributed by atoms with van der Waals surface area (Å²) in [6, 6.07) is 15.3. The molecule has 2 aromatic carbocycles. The minimum Gasteiger partial charge on any atom is -0.292 e. The number of nitrogens with zero attached hydrogens (tertiary/aromatic N) is 3. The highest BCUT2D eigenvalue weighted by Gasteiger charge is 2.26. The summed E-state index contributed by atoms with van der Waals surface area (Å²) in [5.41, 5.74) is 0.897. The maximum Gasteiger partial charge on any atom is 0.270 e. The first kappa shape index (κ1) is 16.3. The molecule has 6 heteroatoms. The summed E-state index contributed by atoms with van der Waals surface area (Å²) in [6.45, 7) is 1.67. The predicted molar refractivity (Wildman–Crippen MR) is 92.3 cm³/mol. The van der Waals surface area contributed by atoms with Crippen LogP contribution in [0.2, 0.25) is 0 Å². The average molecular weight is 331 g/mol. The summed E-state index contributed by atoms with van der Waals surface area (Å²) >= 11 is 0.